The molecule has 0 aliphatic heterocycles. The molecule has 0 bridgehead atoms. The minimum atomic E-state index is 0.0812. The van der Waals surface area contributed by atoms with Gasteiger partial charge in [0.1, 0.15) is 6.33 Å². The van der Waals surface area contributed by atoms with Crippen molar-refractivity contribution in [3.63, 3.8) is 0 Å². The summed E-state index contributed by atoms with van der Waals surface area (Å²) in [4.78, 5) is 15.0. The van der Waals surface area contributed by atoms with Crippen LogP contribution in [0.5, 0.6) is 0 Å². The number of hydrogen-bond acceptors (Lipinski definition) is 4. The van der Waals surface area contributed by atoms with Crippen LogP contribution in [0.3, 0.4) is 0 Å². The molecule has 6 nitrogen and oxygen atoms in total. The Morgan fingerprint density at radius 2 is 2.00 bits per heavy atom. The van der Waals surface area contributed by atoms with Crippen LogP contribution in [0, 0.1) is 6.92 Å². The van der Waals surface area contributed by atoms with Crippen LogP contribution in [0.2, 0.25) is 0 Å². The first-order valence-corrected chi connectivity index (χ1v) is 8.41. The zero-order valence-electron chi connectivity index (χ0n) is 14.0. The predicted octanol–water partition coefficient (Wildman–Crippen LogP) is 2.78. The van der Waals surface area contributed by atoms with Crippen molar-refractivity contribution in [2.24, 2.45) is 0 Å². The second kappa shape index (κ2) is 6.47. The van der Waals surface area contributed by atoms with Crippen LogP contribution in [0.25, 0.3) is 5.69 Å². The summed E-state index contributed by atoms with van der Waals surface area (Å²) in [5, 5.41) is 11.2. The minimum Gasteiger partial charge on any atom is -0.331 e. The number of aryl methyl sites for hydroxylation is 1. The zero-order chi connectivity index (χ0) is 17.2. The molecule has 1 fully saturated rings. The van der Waals surface area contributed by atoms with Crippen molar-refractivity contribution in [3.8, 4) is 5.69 Å². The van der Waals surface area contributed by atoms with E-state index in [-0.39, 0.29) is 5.91 Å². The molecule has 4 rings (SSSR count). The van der Waals surface area contributed by atoms with Crippen LogP contribution >= 0.6 is 0 Å². The average molecular weight is 333 g/mol. The maximum atomic E-state index is 13.1. The Labute approximate surface area is 146 Å². The summed E-state index contributed by atoms with van der Waals surface area (Å²) in [5.74, 6) is 0.0812. The van der Waals surface area contributed by atoms with E-state index in [0.29, 0.717) is 18.2 Å². The number of carbonyl (C=O) groups is 1. The molecular formula is C19H19N5O. The highest BCUT2D eigenvalue weighted by atomic mass is 16.2. The smallest absolute Gasteiger partial charge is 0.254 e. The van der Waals surface area contributed by atoms with Crippen LogP contribution in [-0.2, 0) is 6.54 Å². The van der Waals surface area contributed by atoms with Crippen LogP contribution < -0.4 is 0 Å². The fraction of sp³-hybridized carbons (Fsp3) is 0.263. The Kier molecular flexibility index (Phi) is 4.01. The lowest BCUT2D eigenvalue weighted by molar-refractivity contribution is 0.0730. The first-order chi connectivity index (χ1) is 12.2. The molecule has 1 amide bonds. The molecule has 0 N–H and O–H groups in total. The lowest BCUT2D eigenvalue weighted by Crippen LogP contribution is -2.32. The van der Waals surface area contributed by atoms with Crippen LogP contribution in [0.15, 0.2) is 54.9 Å². The highest BCUT2D eigenvalue weighted by Crippen LogP contribution is 2.30. The fourth-order valence-electron chi connectivity index (χ4n) is 3.02. The molecular weight excluding hydrogens is 314 g/mol. The van der Waals surface area contributed by atoms with Gasteiger partial charge in [0.15, 0.2) is 0 Å². The third-order valence-corrected chi connectivity index (χ3v) is 4.48. The molecule has 0 atom stereocenters. The molecule has 1 aromatic heterocycles. The molecule has 0 radical (unpaired) electrons. The molecule has 1 saturated carbocycles. The van der Waals surface area contributed by atoms with Gasteiger partial charge in [0, 0.05) is 18.2 Å². The standard InChI is InChI=1S/C19H19N5O/c1-14-11-16(7-10-18(14)24-13-20-21-22-24)19(25)23(17-8-9-17)12-15-5-3-2-4-6-15/h2-7,10-11,13,17H,8-9,12H2,1H3. The first kappa shape index (κ1) is 15.5. The number of tetrazole rings is 1. The number of nitrogens with zero attached hydrogens (tertiary/aromatic N) is 5. The van der Waals surface area contributed by atoms with Crippen molar-refractivity contribution in [2.75, 3.05) is 0 Å². The van der Waals surface area contributed by atoms with E-state index in [1.54, 1.807) is 11.0 Å². The van der Waals surface area contributed by atoms with Crippen molar-refractivity contribution >= 4 is 5.91 Å². The van der Waals surface area contributed by atoms with Crippen molar-refractivity contribution in [1.29, 1.82) is 0 Å². The second-order valence-corrected chi connectivity index (χ2v) is 6.41. The van der Waals surface area contributed by atoms with Gasteiger partial charge in [-0.1, -0.05) is 30.3 Å². The number of rotatable bonds is 5. The topological polar surface area (TPSA) is 63.9 Å². The minimum absolute atomic E-state index is 0.0812. The summed E-state index contributed by atoms with van der Waals surface area (Å²) in [6.45, 7) is 2.62. The van der Waals surface area contributed by atoms with Gasteiger partial charge in [0.2, 0.25) is 0 Å². The normalized spacial score (nSPS) is 13.6. The number of benzene rings is 2. The Morgan fingerprint density at radius 3 is 2.64 bits per heavy atom. The van der Waals surface area contributed by atoms with Gasteiger partial charge in [-0.05, 0) is 59.5 Å². The molecule has 0 unspecified atom stereocenters. The molecule has 3 aromatic rings. The van der Waals surface area contributed by atoms with Gasteiger partial charge < -0.3 is 4.90 Å². The van der Waals surface area contributed by atoms with E-state index >= 15 is 0 Å². The van der Waals surface area contributed by atoms with Gasteiger partial charge in [-0.25, -0.2) is 4.68 Å². The quantitative estimate of drug-likeness (QED) is 0.720. The van der Waals surface area contributed by atoms with Gasteiger partial charge in [0.25, 0.3) is 5.91 Å². The largest absolute Gasteiger partial charge is 0.331 e. The van der Waals surface area contributed by atoms with E-state index < -0.39 is 0 Å². The molecule has 1 aliphatic carbocycles. The van der Waals surface area contributed by atoms with E-state index in [4.69, 9.17) is 0 Å². The van der Waals surface area contributed by atoms with E-state index in [2.05, 4.69) is 27.7 Å². The van der Waals surface area contributed by atoms with Crippen LogP contribution in [0.4, 0.5) is 0 Å². The van der Waals surface area contributed by atoms with Crippen LogP contribution in [-0.4, -0.2) is 37.1 Å². The molecule has 0 spiro atoms. The van der Waals surface area contributed by atoms with Gasteiger partial charge >= 0.3 is 0 Å². The maximum Gasteiger partial charge on any atom is 0.254 e. The Balaban J connectivity index is 1.59. The fourth-order valence-corrected chi connectivity index (χ4v) is 3.02. The Hall–Kier alpha value is -3.02. The summed E-state index contributed by atoms with van der Waals surface area (Å²) in [5.41, 5.74) is 3.71. The monoisotopic (exact) mass is 333 g/mol. The van der Waals surface area contributed by atoms with Crippen molar-refractivity contribution in [1.82, 2.24) is 25.1 Å². The SMILES string of the molecule is Cc1cc(C(=O)N(Cc2ccccc2)C2CC2)ccc1-n1cnnn1. The Bertz CT molecular complexity index is 872. The first-order valence-electron chi connectivity index (χ1n) is 8.41. The van der Waals surface area contributed by atoms with Gasteiger partial charge in [-0.2, -0.15) is 0 Å². The van der Waals surface area contributed by atoms with Gasteiger partial charge in [-0.3, -0.25) is 4.79 Å². The molecule has 126 valence electrons. The third kappa shape index (κ3) is 3.28. The van der Waals surface area contributed by atoms with Crippen molar-refractivity contribution in [3.05, 3.63) is 71.5 Å². The summed E-state index contributed by atoms with van der Waals surface area (Å²) in [7, 11) is 0. The van der Waals surface area contributed by atoms with Crippen molar-refractivity contribution < 1.29 is 4.79 Å². The average Bonchev–Trinajstić information content (AvgIpc) is 3.34. The second-order valence-electron chi connectivity index (χ2n) is 6.41. The number of aromatic nitrogens is 4. The van der Waals surface area contributed by atoms with E-state index in [1.807, 2.05) is 48.2 Å². The zero-order valence-corrected chi connectivity index (χ0v) is 14.0. The van der Waals surface area contributed by atoms with Gasteiger partial charge in [0.05, 0.1) is 5.69 Å². The predicted molar refractivity (Wildman–Crippen MR) is 93.2 cm³/mol. The highest BCUT2D eigenvalue weighted by molar-refractivity contribution is 5.95. The highest BCUT2D eigenvalue weighted by Gasteiger charge is 2.33. The number of hydrogen-bond donors (Lipinski definition) is 0. The lowest BCUT2D eigenvalue weighted by Gasteiger charge is -2.23. The van der Waals surface area contributed by atoms with E-state index in [0.717, 1.165) is 29.7 Å². The lowest BCUT2D eigenvalue weighted by atomic mass is 10.1. The molecule has 1 heterocycles. The number of amides is 1. The molecule has 25 heavy (non-hydrogen) atoms. The maximum absolute atomic E-state index is 13.1. The van der Waals surface area contributed by atoms with Gasteiger partial charge in [-0.15, -0.1) is 5.10 Å². The Morgan fingerprint density at radius 1 is 1.20 bits per heavy atom. The third-order valence-electron chi connectivity index (χ3n) is 4.48. The molecule has 6 heteroatoms. The van der Waals surface area contributed by atoms with E-state index in [9.17, 15) is 4.79 Å². The summed E-state index contributed by atoms with van der Waals surface area (Å²) in [6, 6.07) is 16.2. The summed E-state index contributed by atoms with van der Waals surface area (Å²) >= 11 is 0. The summed E-state index contributed by atoms with van der Waals surface area (Å²) in [6.07, 6.45) is 3.72. The summed E-state index contributed by atoms with van der Waals surface area (Å²) < 4.78 is 1.60. The molecule has 1 aliphatic rings. The van der Waals surface area contributed by atoms with Crippen molar-refractivity contribution in [2.45, 2.75) is 32.4 Å². The molecule has 0 saturated heterocycles. The number of carbonyl (C=O) groups excluding carboxylic acids is 1. The van der Waals surface area contributed by atoms with E-state index in [1.165, 1.54) is 0 Å². The van der Waals surface area contributed by atoms with Crippen LogP contribution in [0.1, 0.15) is 34.3 Å². The molecule has 2 aromatic carbocycles.